The summed E-state index contributed by atoms with van der Waals surface area (Å²) in [5.74, 6) is 0. The maximum absolute atomic E-state index is 12.3. The molecule has 17 heavy (non-hydrogen) atoms. The van der Waals surface area contributed by atoms with Crippen molar-refractivity contribution in [2.45, 2.75) is 18.3 Å². The molecule has 0 aromatic carbocycles. The van der Waals surface area contributed by atoms with Crippen LogP contribution in [0.4, 0.5) is 13.2 Å². The van der Waals surface area contributed by atoms with Gasteiger partial charge in [0.05, 0.1) is 0 Å². The zero-order chi connectivity index (χ0) is 13.1. The Morgan fingerprint density at radius 2 is 2.12 bits per heavy atom. The zero-order valence-electron chi connectivity index (χ0n) is 9.19. The molecule has 0 aliphatic heterocycles. The number of hydrogen-bond donors (Lipinski definition) is 0. The minimum absolute atomic E-state index is 0.121. The van der Waals surface area contributed by atoms with E-state index in [9.17, 15) is 13.2 Å². The van der Waals surface area contributed by atoms with E-state index < -0.39 is 22.6 Å². The van der Waals surface area contributed by atoms with Crippen LogP contribution in [0.3, 0.4) is 0 Å². The van der Waals surface area contributed by atoms with Gasteiger partial charge in [0.1, 0.15) is 5.69 Å². The third-order valence-corrected chi connectivity index (χ3v) is 3.91. The fourth-order valence-corrected chi connectivity index (χ4v) is 1.97. The van der Waals surface area contributed by atoms with Gasteiger partial charge in [0.25, 0.3) is 0 Å². The first kappa shape index (κ1) is 13.6. The van der Waals surface area contributed by atoms with Gasteiger partial charge in [-0.25, -0.2) is 0 Å². The molecule has 0 bridgehead atoms. The van der Waals surface area contributed by atoms with Gasteiger partial charge in [-0.1, -0.05) is 16.8 Å². The molecule has 1 unspecified atom stereocenters. The van der Waals surface area contributed by atoms with Crippen LogP contribution in [0.15, 0.2) is 22.7 Å². The minimum atomic E-state index is -4.42. The van der Waals surface area contributed by atoms with E-state index in [-0.39, 0.29) is 5.25 Å². The molecule has 0 radical (unpaired) electrons. The predicted octanol–water partition coefficient (Wildman–Crippen LogP) is 3.07. The van der Waals surface area contributed by atoms with Crippen molar-refractivity contribution in [2.75, 3.05) is 6.26 Å². The second kappa shape index (κ2) is 5.27. The van der Waals surface area contributed by atoms with Crippen LogP contribution >= 0.6 is 0 Å². The Kier molecular flexibility index (Phi) is 4.23. The molecule has 0 saturated heterocycles. The number of alkyl halides is 3. The van der Waals surface area contributed by atoms with Crippen molar-refractivity contribution < 1.29 is 13.2 Å². The summed E-state index contributed by atoms with van der Waals surface area (Å²) in [5.41, 5.74) is -0.274. The van der Waals surface area contributed by atoms with Crippen LogP contribution in [0.1, 0.15) is 23.4 Å². The van der Waals surface area contributed by atoms with Gasteiger partial charge < -0.3 is 0 Å². The molecule has 0 N–H and O–H groups in total. The van der Waals surface area contributed by atoms with E-state index in [1.54, 1.807) is 19.4 Å². The maximum Gasteiger partial charge on any atom is 0.433 e. The quantitative estimate of drug-likeness (QED) is 0.768. The van der Waals surface area contributed by atoms with Gasteiger partial charge in [-0.05, 0) is 24.8 Å². The molecule has 0 spiro atoms. The van der Waals surface area contributed by atoms with E-state index in [2.05, 4.69) is 9.35 Å². The maximum atomic E-state index is 12.3. The standard InChI is InChI=1S/C10H10F3N3S/c1-7(17(2)16-6-14)8-3-4-9(15-5-8)10(11,12)13/h3-5,7H,1-2H3/t7-,17?/m0/s1. The molecule has 0 fully saturated rings. The summed E-state index contributed by atoms with van der Waals surface area (Å²) in [4.78, 5) is 3.37. The Morgan fingerprint density at radius 3 is 2.53 bits per heavy atom. The van der Waals surface area contributed by atoms with E-state index in [1.807, 2.05) is 0 Å². The highest BCUT2D eigenvalue weighted by Gasteiger charge is 2.32. The van der Waals surface area contributed by atoms with E-state index in [1.165, 1.54) is 12.3 Å². The molecular formula is C10H10F3N3S. The van der Waals surface area contributed by atoms with Gasteiger partial charge in [0.2, 0.25) is 6.19 Å². The normalized spacial score (nSPS) is 15.3. The fourth-order valence-electron chi connectivity index (χ4n) is 1.15. The van der Waals surface area contributed by atoms with E-state index in [0.29, 0.717) is 5.56 Å². The lowest BCUT2D eigenvalue weighted by Crippen LogP contribution is -2.09. The van der Waals surface area contributed by atoms with Crippen LogP contribution in [-0.2, 0) is 16.9 Å². The second-order valence-corrected chi connectivity index (χ2v) is 5.27. The Balaban J connectivity index is 2.97. The van der Waals surface area contributed by atoms with Crippen LogP contribution in [0.25, 0.3) is 0 Å². The van der Waals surface area contributed by atoms with Gasteiger partial charge in [-0.3, -0.25) is 4.98 Å². The van der Waals surface area contributed by atoms with Crippen molar-refractivity contribution in [1.82, 2.24) is 4.98 Å². The number of nitrogens with zero attached hydrogens (tertiary/aromatic N) is 3. The van der Waals surface area contributed by atoms with E-state index in [4.69, 9.17) is 5.26 Å². The summed E-state index contributed by atoms with van der Waals surface area (Å²) < 4.78 is 40.5. The van der Waals surface area contributed by atoms with Crippen molar-refractivity contribution in [3.05, 3.63) is 29.6 Å². The SMILES string of the molecule is C[C@@H](c1ccc(C(F)(F)F)nc1)S(C)=NC#N. The lowest BCUT2D eigenvalue weighted by molar-refractivity contribution is -0.141. The minimum Gasteiger partial charge on any atom is -0.251 e. The second-order valence-electron chi connectivity index (χ2n) is 3.33. The number of nitriles is 1. The molecule has 0 saturated carbocycles. The molecule has 1 heterocycles. The Hall–Kier alpha value is -1.42. The lowest BCUT2D eigenvalue weighted by atomic mass is 10.2. The number of rotatable bonds is 2. The third kappa shape index (κ3) is 3.53. The molecular weight excluding hydrogens is 251 g/mol. The largest absolute Gasteiger partial charge is 0.433 e. The average molecular weight is 261 g/mol. The molecule has 0 amide bonds. The van der Waals surface area contributed by atoms with Gasteiger partial charge in [0.15, 0.2) is 0 Å². The van der Waals surface area contributed by atoms with Crippen LogP contribution in [0, 0.1) is 11.5 Å². The molecule has 1 rings (SSSR count). The molecule has 1 aromatic rings. The molecule has 3 nitrogen and oxygen atoms in total. The average Bonchev–Trinajstić information content (AvgIpc) is 2.27. The first-order chi connectivity index (χ1) is 7.86. The van der Waals surface area contributed by atoms with Gasteiger partial charge in [-0.2, -0.15) is 22.8 Å². The number of hydrogen-bond acceptors (Lipinski definition) is 3. The highest BCUT2D eigenvalue weighted by Crippen LogP contribution is 2.28. The van der Waals surface area contributed by atoms with Crippen molar-refractivity contribution >= 4 is 10.7 Å². The summed E-state index contributed by atoms with van der Waals surface area (Å²) >= 11 is 0. The third-order valence-electron chi connectivity index (χ3n) is 2.24. The van der Waals surface area contributed by atoms with Crippen molar-refractivity contribution in [1.29, 1.82) is 5.26 Å². The van der Waals surface area contributed by atoms with Crippen LogP contribution < -0.4 is 0 Å². The van der Waals surface area contributed by atoms with Gasteiger partial charge in [0, 0.05) is 11.4 Å². The number of aromatic nitrogens is 1. The number of pyridine rings is 1. The highest BCUT2D eigenvalue weighted by atomic mass is 32.2. The fraction of sp³-hybridized carbons (Fsp3) is 0.400. The lowest BCUT2D eigenvalue weighted by Gasteiger charge is -2.12. The summed E-state index contributed by atoms with van der Waals surface area (Å²) in [6.07, 6.45) is 0.207. The molecule has 0 aliphatic carbocycles. The molecule has 92 valence electrons. The topological polar surface area (TPSA) is 49.0 Å². The van der Waals surface area contributed by atoms with Crippen LogP contribution in [0.5, 0.6) is 0 Å². The highest BCUT2D eigenvalue weighted by molar-refractivity contribution is 7.86. The monoisotopic (exact) mass is 261 g/mol. The molecule has 7 heteroatoms. The Bertz CT molecular complexity index is 459. The van der Waals surface area contributed by atoms with Gasteiger partial charge in [-0.15, -0.1) is 0 Å². The van der Waals surface area contributed by atoms with Crippen molar-refractivity contribution in [2.24, 2.45) is 4.36 Å². The van der Waals surface area contributed by atoms with Crippen LogP contribution in [-0.4, -0.2) is 11.2 Å². The first-order valence-corrected chi connectivity index (χ1v) is 6.29. The predicted molar refractivity (Wildman–Crippen MR) is 59.0 cm³/mol. The summed E-state index contributed by atoms with van der Waals surface area (Å²) in [5, 5.41) is 8.29. The molecule has 0 aliphatic rings. The smallest absolute Gasteiger partial charge is 0.251 e. The van der Waals surface area contributed by atoms with E-state index >= 15 is 0 Å². The Labute approximate surface area is 99.4 Å². The van der Waals surface area contributed by atoms with Crippen molar-refractivity contribution in [3.8, 4) is 6.19 Å². The number of halogens is 3. The van der Waals surface area contributed by atoms with E-state index in [0.717, 1.165) is 6.07 Å². The molecule has 1 aromatic heterocycles. The zero-order valence-corrected chi connectivity index (χ0v) is 10.0. The summed E-state index contributed by atoms with van der Waals surface area (Å²) in [6, 6.07) is 2.31. The molecule has 2 atom stereocenters. The Morgan fingerprint density at radius 1 is 1.47 bits per heavy atom. The first-order valence-electron chi connectivity index (χ1n) is 4.64. The van der Waals surface area contributed by atoms with Crippen molar-refractivity contribution in [3.63, 3.8) is 0 Å². The summed E-state index contributed by atoms with van der Waals surface area (Å²) in [6.45, 7) is 1.80. The van der Waals surface area contributed by atoms with Crippen LogP contribution in [0.2, 0.25) is 0 Å². The van der Waals surface area contributed by atoms with Gasteiger partial charge >= 0.3 is 6.18 Å². The summed E-state index contributed by atoms with van der Waals surface area (Å²) in [7, 11) is -0.551.